The Morgan fingerprint density at radius 1 is 1.41 bits per heavy atom. The molecule has 1 aromatic carbocycles. The Hall–Kier alpha value is -0.724. The van der Waals surface area contributed by atoms with Crippen LogP contribution in [-0.2, 0) is 4.18 Å². The minimum atomic E-state index is -1.06. The maximum Gasteiger partial charge on any atom is 2.00 e. The number of carbonyl (C=O) groups excluding carboxylic acids is 1. The van der Waals surface area contributed by atoms with Crippen molar-refractivity contribution in [1.82, 2.24) is 0 Å². The fourth-order valence-electron chi connectivity index (χ4n) is 1.01. The molecule has 0 aliphatic rings. The zero-order chi connectivity index (χ0) is 12.0. The third-order valence-electron chi connectivity index (χ3n) is 1.77. The SMILES string of the molecule is CCCSOC(=O)c1cccc(C(=O)O)c1.[H-].[H-].[Mg+2]. The molecule has 0 saturated carbocycles. The van der Waals surface area contributed by atoms with Crippen LogP contribution in [0.3, 0.4) is 0 Å². The van der Waals surface area contributed by atoms with Crippen molar-refractivity contribution in [2.45, 2.75) is 13.3 Å². The van der Waals surface area contributed by atoms with Crippen molar-refractivity contribution in [3.8, 4) is 0 Å². The third-order valence-corrected chi connectivity index (χ3v) is 2.61. The fourth-order valence-corrected chi connectivity index (χ4v) is 1.46. The van der Waals surface area contributed by atoms with Gasteiger partial charge >= 0.3 is 35.0 Å². The number of rotatable bonds is 5. The first-order valence-corrected chi connectivity index (χ1v) is 5.73. The van der Waals surface area contributed by atoms with Gasteiger partial charge in [0, 0.05) is 5.75 Å². The molecule has 0 heterocycles. The van der Waals surface area contributed by atoms with Crippen LogP contribution in [0.25, 0.3) is 0 Å². The number of carbonyl (C=O) groups is 2. The summed E-state index contributed by atoms with van der Waals surface area (Å²) in [6, 6.07) is 5.78. The number of benzene rings is 1. The summed E-state index contributed by atoms with van der Waals surface area (Å²) in [5.74, 6) is -0.845. The van der Waals surface area contributed by atoms with E-state index in [2.05, 4.69) is 0 Å². The zero-order valence-electron chi connectivity index (χ0n) is 11.5. The first-order valence-electron chi connectivity index (χ1n) is 4.82. The Bertz CT molecular complexity index is 404. The fraction of sp³-hybridized carbons (Fsp3) is 0.273. The van der Waals surface area contributed by atoms with E-state index in [1.54, 1.807) is 0 Å². The molecule has 0 aliphatic heterocycles. The Balaban J connectivity index is -0.000000853. The molecule has 0 radical (unpaired) electrons. The minimum Gasteiger partial charge on any atom is -1.00 e. The van der Waals surface area contributed by atoms with Gasteiger partial charge in [-0.2, -0.15) is 0 Å². The summed E-state index contributed by atoms with van der Waals surface area (Å²) in [5, 5.41) is 8.75. The van der Waals surface area contributed by atoms with Crippen LogP contribution in [0.5, 0.6) is 0 Å². The predicted octanol–water partition coefficient (Wildman–Crippen LogP) is 2.44. The van der Waals surface area contributed by atoms with E-state index in [9.17, 15) is 9.59 Å². The molecule has 0 unspecified atom stereocenters. The molecule has 0 spiro atoms. The zero-order valence-corrected chi connectivity index (χ0v) is 11.7. The summed E-state index contributed by atoms with van der Waals surface area (Å²) in [5.41, 5.74) is 0.332. The molecule has 17 heavy (non-hydrogen) atoms. The second-order valence-electron chi connectivity index (χ2n) is 3.08. The van der Waals surface area contributed by atoms with Gasteiger partial charge in [0.05, 0.1) is 23.2 Å². The first-order chi connectivity index (χ1) is 7.65. The molecule has 0 aliphatic carbocycles. The summed E-state index contributed by atoms with van der Waals surface area (Å²) in [6.45, 7) is 1.98. The smallest absolute Gasteiger partial charge is 1.00 e. The van der Waals surface area contributed by atoms with Gasteiger partial charge in [0.25, 0.3) is 0 Å². The molecule has 0 atom stereocenters. The van der Waals surface area contributed by atoms with Gasteiger partial charge in [-0.15, -0.1) is 0 Å². The van der Waals surface area contributed by atoms with Crippen LogP contribution in [0.2, 0.25) is 0 Å². The summed E-state index contributed by atoms with van der Waals surface area (Å²) >= 11 is 1.07. The van der Waals surface area contributed by atoms with Gasteiger partial charge in [-0.05, 0) is 24.6 Å². The molecule has 0 saturated heterocycles. The first kappa shape index (κ1) is 16.3. The quantitative estimate of drug-likeness (QED) is 0.504. The van der Waals surface area contributed by atoms with Crippen molar-refractivity contribution < 1.29 is 21.7 Å². The van der Waals surface area contributed by atoms with E-state index in [4.69, 9.17) is 9.29 Å². The van der Waals surface area contributed by atoms with Crippen molar-refractivity contribution >= 4 is 47.0 Å². The Morgan fingerprint density at radius 2 is 2.06 bits per heavy atom. The standard InChI is InChI=1S/C11H12O4S.Mg.2H/c1-2-6-16-15-11(14)9-5-3-4-8(7-9)10(12)13;;;/h3-5,7H,2,6H2,1H3,(H,12,13);;;/q;+2;2*-1. The number of aromatic carboxylic acids is 1. The maximum absolute atomic E-state index is 11.5. The molecule has 90 valence electrons. The average molecular weight is 267 g/mol. The van der Waals surface area contributed by atoms with E-state index < -0.39 is 11.9 Å². The summed E-state index contributed by atoms with van der Waals surface area (Å²) in [6.07, 6.45) is 0.910. The molecule has 1 aromatic rings. The van der Waals surface area contributed by atoms with Gasteiger partial charge in [-0.3, -0.25) is 0 Å². The number of hydrogen-bond donors (Lipinski definition) is 1. The van der Waals surface area contributed by atoms with Gasteiger partial charge in [-0.25, -0.2) is 9.59 Å². The summed E-state index contributed by atoms with van der Waals surface area (Å²) in [4.78, 5) is 22.1. The normalized spacial score (nSPS) is 9.24. The molecular formula is C11H14MgO4S. The van der Waals surface area contributed by atoms with Gasteiger partial charge < -0.3 is 12.1 Å². The molecule has 1 N–H and O–H groups in total. The summed E-state index contributed by atoms with van der Waals surface area (Å²) < 4.78 is 4.89. The Morgan fingerprint density at radius 3 is 2.65 bits per heavy atom. The average Bonchev–Trinajstić information content (AvgIpc) is 2.29. The van der Waals surface area contributed by atoms with Gasteiger partial charge in [0.1, 0.15) is 0 Å². The van der Waals surface area contributed by atoms with Crippen LogP contribution in [0.4, 0.5) is 0 Å². The van der Waals surface area contributed by atoms with Gasteiger partial charge in [-0.1, -0.05) is 13.0 Å². The second-order valence-corrected chi connectivity index (χ2v) is 3.89. The van der Waals surface area contributed by atoms with Gasteiger partial charge in [0.15, 0.2) is 0 Å². The van der Waals surface area contributed by atoms with Crippen LogP contribution in [0, 0.1) is 0 Å². The van der Waals surface area contributed by atoms with Gasteiger partial charge in [0.2, 0.25) is 0 Å². The second kappa shape index (κ2) is 8.38. The largest absolute Gasteiger partial charge is 2.00 e. The van der Waals surface area contributed by atoms with Crippen molar-refractivity contribution in [3.05, 3.63) is 35.4 Å². The van der Waals surface area contributed by atoms with Crippen molar-refractivity contribution in [2.24, 2.45) is 0 Å². The number of hydrogen-bond acceptors (Lipinski definition) is 4. The Labute approximate surface area is 123 Å². The van der Waals surface area contributed by atoms with Crippen molar-refractivity contribution in [1.29, 1.82) is 0 Å². The van der Waals surface area contributed by atoms with Crippen LogP contribution in [-0.4, -0.2) is 45.9 Å². The molecule has 0 bridgehead atoms. The van der Waals surface area contributed by atoms with Crippen molar-refractivity contribution in [3.63, 3.8) is 0 Å². The van der Waals surface area contributed by atoms with Crippen molar-refractivity contribution in [2.75, 3.05) is 5.75 Å². The minimum absolute atomic E-state index is 0. The Kier molecular flexibility index (Phi) is 8.02. The topological polar surface area (TPSA) is 63.6 Å². The number of carboxylic acids is 1. The van der Waals surface area contributed by atoms with Crippen LogP contribution in [0.1, 0.15) is 36.9 Å². The molecule has 0 amide bonds. The third kappa shape index (κ3) is 5.43. The van der Waals surface area contributed by atoms with E-state index in [0.717, 1.165) is 24.2 Å². The van der Waals surface area contributed by atoms with Crippen LogP contribution >= 0.6 is 12.0 Å². The van der Waals surface area contributed by atoms with E-state index >= 15 is 0 Å². The van der Waals surface area contributed by atoms with E-state index in [0.29, 0.717) is 0 Å². The monoisotopic (exact) mass is 266 g/mol. The number of carboxylic acid groups (broad SMARTS) is 1. The molecular weight excluding hydrogens is 252 g/mol. The molecule has 0 aromatic heterocycles. The molecule has 4 nitrogen and oxygen atoms in total. The molecule has 1 rings (SSSR count). The molecule has 0 fully saturated rings. The van der Waals surface area contributed by atoms with E-state index in [1.165, 1.54) is 24.3 Å². The maximum atomic E-state index is 11.5. The summed E-state index contributed by atoms with van der Waals surface area (Å²) in [7, 11) is 0. The predicted molar refractivity (Wildman–Crippen MR) is 69.5 cm³/mol. The van der Waals surface area contributed by atoms with E-state index in [-0.39, 0.29) is 37.0 Å². The van der Waals surface area contributed by atoms with Crippen LogP contribution in [0.15, 0.2) is 24.3 Å². The molecule has 6 heteroatoms. The van der Waals surface area contributed by atoms with Crippen LogP contribution < -0.4 is 0 Å². The van der Waals surface area contributed by atoms with E-state index in [1.807, 2.05) is 6.92 Å².